The van der Waals surface area contributed by atoms with Crippen molar-refractivity contribution in [1.82, 2.24) is 20.2 Å². The summed E-state index contributed by atoms with van der Waals surface area (Å²) >= 11 is 3.31. The molecule has 0 radical (unpaired) electrons. The van der Waals surface area contributed by atoms with Gasteiger partial charge in [0, 0.05) is 16.7 Å². The van der Waals surface area contributed by atoms with Gasteiger partial charge in [0.2, 0.25) is 17.7 Å². The van der Waals surface area contributed by atoms with Crippen LogP contribution < -0.4 is 10.1 Å². The van der Waals surface area contributed by atoms with Crippen LogP contribution in [-0.2, 0) is 6.18 Å². The fraction of sp³-hybridized carbons (Fsp3) is 0.0667. The van der Waals surface area contributed by atoms with Crippen molar-refractivity contribution >= 4 is 27.8 Å². The Morgan fingerprint density at radius 1 is 1.15 bits per heavy atom. The standard InChI is InChI=1S/C15H9BrF3N5O2/c16-9-2-4-10(5-3-9)26-11-6-1-8(7-20-11)12(25)21-14-22-13(23-24-14)15(17,18)19/h1-7H,(H2,21,22,23,24,25). The Kier molecular flexibility index (Phi) is 4.89. The number of carbonyl (C=O) groups is 1. The van der Waals surface area contributed by atoms with Gasteiger partial charge in [0.15, 0.2) is 0 Å². The van der Waals surface area contributed by atoms with Gasteiger partial charge in [0.25, 0.3) is 5.91 Å². The molecule has 3 rings (SSSR count). The van der Waals surface area contributed by atoms with E-state index in [9.17, 15) is 18.0 Å². The Hall–Kier alpha value is -2.95. The van der Waals surface area contributed by atoms with Crippen LogP contribution >= 0.6 is 15.9 Å². The van der Waals surface area contributed by atoms with Gasteiger partial charge in [0.05, 0.1) is 5.56 Å². The molecule has 0 atom stereocenters. The van der Waals surface area contributed by atoms with Gasteiger partial charge in [-0.15, -0.1) is 5.10 Å². The van der Waals surface area contributed by atoms with Crippen molar-refractivity contribution in [3.05, 3.63) is 58.5 Å². The Bertz CT molecular complexity index is 910. The van der Waals surface area contributed by atoms with Crippen LogP contribution in [0.15, 0.2) is 47.1 Å². The lowest BCUT2D eigenvalue weighted by atomic mass is 10.2. The number of amides is 1. The van der Waals surface area contributed by atoms with Crippen LogP contribution in [0.25, 0.3) is 0 Å². The largest absolute Gasteiger partial charge is 0.451 e. The molecule has 2 N–H and O–H groups in total. The number of H-pyrrole nitrogens is 1. The van der Waals surface area contributed by atoms with E-state index in [1.165, 1.54) is 18.3 Å². The molecule has 0 spiro atoms. The highest BCUT2D eigenvalue weighted by atomic mass is 79.9. The molecule has 11 heteroatoms. The number of pyridine rings is 1. The fourth-order valence-corrected chi connectivity index (χ4v) is 2.08. The number of alkyl halides is 3. The maximum absolute atomic E-state index is 12.4. The first kappa shape index (κ1) is 17.9. The van der Waals surface area contributed by atoms with Gasteiger partial charge < -0.3 is 4.74 Å². The third-order valence-corrected chi connectivity index (χ3v) is 3.54. The van der Waals surface area contributed by atoms with Gasteiger partial charge in [0.1, 0.15) is 5.75 Å². The smallest absolute Gasteiger partial charge is 0.439 e. The van der Waals surface area contributed by atoms with Gasteiger partial charge >= 0.3 is 6.18 Å². The lowest BCUT2D eigenvalue weighted by Crippen LogP contribution is -2.13. The van der Waals surface area contributed by atoms with Crippen LogP contribution in [0.1, 0.15) is 16.2 Å². The maximum atomic E-state index is 12.4. The Balaban J connectivity index is 1.65. The molecule has 1 aromatic carbocycles. The predicted octanol–water partition coefficient (Wildman–Crippen LogP) is 4.03. The summed E-state index contributed by atoms with van der Waals surface area (Å²) in [5, 5.41) is 7.14. The fourth-order valence-electron chi connectivity index (χ4n) is 1.82. The molecule has 0 aliphatic carbocycles. The second-order valence-corrected chi connectivity index (χ2v) is 5.82. The molecule has 3 aromatic rings. The zero-order valence-corrected chi connectivity index (χ0v) is 14.3. The van der Waals surface area contributed by atoms with Gasteiger partial charge in [-0.3, -0.25) is 15.2 Å². The van der Waals surface area contributed by atoms with E-state index in [4.69, 9.17) is 4.74 Å². The highest BCUT2D eigenvalue weighted by Gasteiger charge is 2.35. The van der Waals surface area contributed by atoms with E-state index in [0.717, 1.165) is 4.47 Å². The molecular weight excluding hydrogens is 419 g/mol. The Morgan fingerprint density at radius 2 is 1.88 bits per heavy atom. The van der Waals surface area contributed by atoms with Gasteiger partial charge in [-0.25, -0.2) is 4.98 Å². The highest BCUT2D eigenvalue weighted by molar-refractivity contribution is 9.10. The zero-order valence-electron chi connectivity index (χ0n) is 12.7. The highest BCUT2D eigenvalue weighted by Crippen LogP contribution is 2.26. The number of anilines is 1. The first-order chi connectivity index (χ1) is 12.3. The molecule has 0 unspecified atom stereocenters. The summed E-state index contributed by atoms with van der Waals surface area (Å²) in [6.07, 6.45) is -3.45. The molecule has 7 nitrogen and oxygen atoms in total. The molecule has 0 saturated carbocycles. The summed E-state index contributed by atoms with van der Waals surface area (Å²) in [5.74, 6) is -1.69. The number of hydrogen-bond acceptors (Lipinski definition) is 5. The molecule has 0 aliphatic heterocycles. The van der Waals surface area contributed by atoms with E-state index in [1.54, 1.807) is 29.4 Å². The molecule has 0 saturated heterocycles. The molecule has 0 bridgehead atoms. The van der Waals surface area contributed by atoms with Crippen LogP contribution in [0.5, 0.6) is 11.6 Å². The van der Waals surface area contributed by atoms with Gasteiger partial charge in [-0.2, -0.15) is 18.2 Å². The normalized spacial score (nSPS) is 11.2. The number of nitrogens with one attached hydrogen (secondary N) is 2. The number of aromatic amines is 1. The first-order valence-electron chi connectivity index (χ1n) is 7.02. The second-order valence-electron chi connectivity index (χ2n) is 4.90. The maximum Gasteiger partial charge on any atom is 0.451 e. The van der Waals surface area contributed by atoms with Gasteiger partial charge in [-0.05, 0) is 30.3 Å². The second kappa shape index (κ2) is 7.12. The minimum Gasteiger partial charge on any atom is -0.439 e. The molecule has 2 heterocycles. The number of nitrogens with zero attached hydrogens (tertiary/aromatic N) is 3. The Labute approximate surface area is 152 Å². The van der Waals surface area contributed by atoms with Crippen molar-refractivity contribution in [3.8, 4) is 11.6 Å². The average Bonchev–Trinajstić information content (AvgIpc) is 3.06. The lowest BCUT2D eigenvalue weighted by Gasteiger charge is -2.05. The first-order valence-corrected chi connectivity index (χ1v) is 7.81. The summed E-state index contributed by atoms with van der Waals surface area (Å²) in [5.41, 5.74) is 0.103. The topological polar surface area (TPSA) is 92.8 Å². The third-order valence-electron chi connectivity index (χ3n) is 3.01. The van der Waals surface area contributed by atoms with Crippen molar-refractivity contribution in [2.24, 2.45) is 0 Å². The molecule has 1 amide bonds. The predicted molar refractivity (Wildman–Crippen MR) is 87.8 cm³/mol. The number of halogens is 4. The molecule has 26 heavy (non-hydrogen) atoms. The molecule has 0 fully saturated rings. The summed E-state index contributed by atoms with van der Waals surface area (Å²) in [4.78, 5) is 19.1. The minimum atomic E-state index is -4.68. The minimum absolute atomic E-state index is 0.103. The summed E-state index contributed by atoms with van der Waals surface area (Å²) in [6, 6.07) is 9.91. The van der Waals surface area contributed by atoms with Crippen molar-refractivity contribution in [2.75, 3.05) is 5.32 Å². The molecule has 2 aromatic heterocycles. The van der Waals surface area contributed by atoms with E-state index in [0.29, 0.717) is 5.75 Å². The van der Waals surface area contributed by atoms with Crippen LogP contribution in [0.3, 0.4) is 0 Å². The van der Waals surface area contributed by atoms with Crippen molar-refractivity contribution in [2.45, 2.75) is 6.18 Å². The summed E-state index contributed by atoms with van der Waals surface area (Å²) in [7, 11) is 0. The van der Waals surface area contributed by atoms with E-state index < -0.39 is 23.9 Å². The average molecular weight is 428 g/mol. The lowest BCUT2D eigenvalue weighted by molar-refractivity contribution is -0.144. The summed E-state index contributed by atoms with van der Waals surface area (Å²) < 4.78 is 43.7. The summed E-state index contributed by atoms with van der Waals surface area (Å²) in [6.45, 7) is 0. The van der Waals surface area contributed by atoms with Crippen LogP contribution in [-0.4, -0.2) is 26.1 Å². The van der Waals surface area contributed by atoms with Crippen molar-refractivity contribution in [1.29, 1.82) is 0 Å². The number of rotatable bonds is 4. The molecule has 0 aliphatic rings. The zero-order chi connectivity index (χ0) is 18.7. The van der Waals surface area contributed by atoms with Gasteiger partial charge in [-0.1, -0.05) is 15.9 Å². The van der Waals surface area contributed by atoms with E-state index in [-0.39, 0.29) is 11.4 Å². The number of carbonyl (C=O) groups excluding carboxylic acids is 1. The van der Waals surface area contributed by atoms with E-state index in [2.05, 4.69) is 36.3 Å². The number of ether oxygens (including phenoxy) is 1. The van der Waals surface area contributed by atoms with Crippen molar-refractivity contribution in [3.63, 3.8) is 0 Å². The number of benzene rings is 1. The Morgan fingerprint density at radius 3 is 2.46 bits per heavy atom. The van der Waals surface area contributed by atoms with Crippen LogP contribution in [0.2, 0.25) is 0 Å². The quantitative estimate of drug-likeness (QED) is 0.655. The number of hydrogen-bond donors (Lipinski definition) is 2. The third kappa shape index (κ3) is 4.36. The monoisotopic (exact) mass is 427 g/mol. The number of aromatic nitrogens is 4. The van der Waals surface area contributed by atoms with E-state index in [1.807, 2.05) is 0 Å². The van der Waals surface area contributed by atoms with Crippen molar-refractivity contribution < 1.29 is 22.7 Å². The van der Waals surface area contributed by atoms with E-state index >= 15 is 0 Å². The molecular formula is C15H9BrF3N5O2. The molecule has 134 valence electrons. The van der Waals surface area contributed by atoms with Crippen LogP contribution in [0.4, 0.5) is 19.1 Å². The SMILES string of the molecule is O=C(Nc1n[nH]c(C(F)(F)F)n1)c1ccc(Oc2ccc(Br)cc2)nc1. The van der Waals surface area contributed by atoms with Crippen LogP contribution in [0, 0.1) is 0 Å².